The molecular weight excluding hydrogens is 446 g/mol. The average molecular weight is 468 g/mol. The molecule has 0 unspecified atom stereocenters. The summed E-state index contributed by atoms with van der Waals surface area (Å²) in [6.45, 7) is 3.46. The maximum absolute atomic E-state index is 12.6. The molecule has 2 aromatic carbocycles. The summed E-state index contributed by atoms with van der Waals surface area (Å²) >= 11 is 1.58. The van der Waals surface area contributed by atoms with Crippen LogP contribution < -0.4 is 10.0 Å². The fourth-order valence-electron chi connectivity index (χ4n) is 3.15. The molecule has 0 aliphatic rings. The van der Waals surface area contributed by atoms with Gasteiger partial charge in [-0.05, 0) is 50.2 Å². The van der Waals surface area contributed by atoms with E-state index >= 15 is 0 Å². The van der Waals surface area contributed by atoms with E-state index in [1.807, 2.05) is 24.3 Å². The summed E-state index contributed by atoms with van der Waals surface area (Å²) in [7, 11) is -3.81. The molecule has 10 heteroatoms. The van der Waals surface area contributed by atoms with E-state index in [9.17, 15) is 13.2 Å². The van der Waals surface area contributed by atoms with Gasteiger partial charge >= 0.3 is 0 Å². The van der Waals surface area contributed by atoms with Crippen LogP contribution in [-0.2, 0) is 21.2 Å². The van der Waals surface area contributed by atoms with Gasteiger partial charge in [0.2, 0.25) is 5.91 Å². The van der Waals surface area contributed by atoms with Crippen LogP contribution in [-0.4, -0.2) is 29.3 Å². The van der Waals surface area contributed by atoms with Crippen LogP contribution in [0.25, 0.3) is 10.2 Å². The maximum Gasteiger partial charge on any atom is 0.263 e. The normalized spacial score (nSPS) is 11.4. The standard InChI is InChI=1S/C22H21N5O3S2/c1-14-13-20(24-15(2)23-14)27-32(29,30)17-9-7-16(8-10-17)25-21(28)11-12-22-26-18-5-3-4-6-19(18)31-22/h3-10,13H,11-12H2,1-2H3,(H,25,28)(H,23,24,27). The van der Waals surface area contributed by atoms with E-state index in [0.29, 0.717) is 23.6 Å². The van der Waals surface area contributed by atoms with Crippen LogP contribution >= 0.6 is 11.3 Å². The van der Waals surface area contributed by atoms with Crippen LogP contribution in [0.2, 0.25) is 0 Å². The van der Waals surface area contributed by atoms with Crippen molar-refractivity contribution in [3.8, 4) is 0 Å². The first kappa shape index (κ1) is 21.8. The molecule has 8 nitrogen and oxygen atoms in total. The molecule has 0 fully saturated rings. The number of amides is 1. The molecule has 2 heterocycles. The minimum absolute atomic E-state index is 0.0684. The molecule has 0 radical (unpaired) electrons. The first-order valence-electron chi connectivity index (χ1n) is 9.88. The Balaban J connectivity index is 1.36. The quantitative estimate of drug-likeness (QED) is 0.423. The zero-order valence-corrected chi connectivity index (χ0v) is 19.1. The van der Waals surface area contributed by atoms with Crippen molar-refractivity contribution in [2.45, 2.75) is 31.6 Å². The van der Waals surface area contributed by atoms with Crippen LogP contribution in [0.4, 0.5) is 11.5 Å². The highest BCUT2D eigenvalue weighted by atomic mass is 32.2. The number of carbonyl (C=O) groups excluding carboxylic acids is 1. The Morgan fingerprint density at radius 2 is 1.75 bits per heavy atom. The van der Waals surface area contributed by atoms with E-state index in [4.69, 9.17) is 0 Å². The Morgan fingerprint density at radius 1 is 1.00 bits per heavy atom. The number of nitrogens with zero attached hydrogens (tertiary/aromatic N) is 3. The number of hydrogen-bond donors (Lipinski definition) is 2. The monoisotopic (exact) mass is 467 g/mol. The van der Waals surface area contributed by atoms with Crippen molar-refractivity contribution in [3.05, 3.63) is 71.1 Å². The number of anilines is 2. The number of aromatic nitrogens is 3. The average Bonchev–Trinajstić information content (AvgIpc) is 3.15. The third-order valence-electron chi connectivity index (χ3n) is 4.56. The molecule has 0 spiro atoms. The van der Waals surface area contributed by atoms with E-state index in [-0.39, 0.29) is 23.0 Å². The third-order valence-corrected chi connectivity index (χ3v) is 7.02. The van der Waals surface area contributed by atoms with Gasteiger partial charge < -0.3 is 5.32 Å². The minimum atomic E-state index is -3.81. The molecule has 4 aromatic rings. The highest BCUT2D eigenvalue weighted by Gasteiger charge is 2.16. The number of thiazole rings is 1. The lowest BCUT2D eigenvalue weighted by atomic mass is 10.2. The van der Waals surface area contributed by atoms with E-state index in [0.717, 1.165) is 15.2 Å². The van der Waals surface area contributed by atoms with Crippen LogP contribution in [0.3, 0.4) is 0 Å². The molecule has 0 saturated heterocycles. The van der Waals surface area contributed by atoms with Crippen molar-refractivity contribution >= 4 is 49.0 Å². The van der Waals surface area contributed by atoms with Crippen LogP contribution in [0.15, 0.2) is 59.5 Å². The zero-order valence-electron chi connectivity index (χ0n) is 17.5. The summed E-state index contributed by atoms with van der Waals surface area (Å²) in [5.41, 5.74) is 2.12. The molecular formula is C22H21N5O3S2. The molecule has 2 aromatic heterocycles. The van der Waals surface area contributed by atoms with E-state index in [1.165, 1.54) is 12.1 Å². The lowest BCUT2D eigenvalue weighted by Crippen LogP contribution is -2.15. The van der Waals surface area contributed by atoms with Gasteiger partial charge in [0.05, 0.1) is 20.1 Å². The first-order valence-corrected chi connectivity index (χ1v) is 12.2. The fraction of sp³-hybridized carbons (Fsp3) is 0.182. The minimum Gasteiger partial charge on any atom is -0.326 e. The Labute approximate surface area is 189 Å². The Kier molecular flexibility index (Phi) is 6.15. The molecule has 32 heavy (non-hydrogen) atoms. The van der Waals surface area contributed by atoms with Gasteiger partial charge in [0, 0.05) is 30.3 Å². The summed E-state index contributed by atoms with van der Waals surface area (Å²) in [5.74, 6) is 0.527. The highest BCUT2D eigenvalue weighted by molar-refractivity contribution is 7.92. The second-order valence-electron chi connectivity index (χ2n) is 7.20. The molecule has 0 atom stereocenters. The first-order chi connectivity index (χ1) is 15.3. The largest absolute Gasteiger partial charge is 0.326 e. The van der Waals surface area contributed by atoms with Gasteiger partial charge in [-0.1, -0.05) is 12.1 Å². The summed E-state index contributed by atoms with van der Waals surface area (Å²) < 4.78 is 28.8. The van der Waals surface area contributed by atoms with Crippen molar-refractivity contribution in [1.82, 2.24) is 15.0 Å². The van der Waals surface area contributed by atoms with Crippen LogP contribution in [0.1, 0.15) is 22.9 Å². The summed E-state index contributed by atoms with van der Waals surface area (Å²) in [6.07, 6.45) is 0.827. The Bertz CT molecular complexity index is 1330. The summed E-state index contributed by atoms with van der Waals surface area (Å²) in [4.78, 5) is 25.1. The molecule has 0 saturated carbocycles. The van der Waals surface area contributed by atoms with E-state index < -0.39 is 10.0 Å². The number of para-hydroxylation sites is 1. The summed E-state index contributed by atoms with van der Waals surface area (Å²) in [6, 6.07) is 15.4. The van der Waals surface area contributed by atoms with Crippen molar-refractivity contribution in [2.24, 2.45) is 0 Å². The predicted octanol–water partition coefficient (Wildman–Crippen LogP) is 4.08. The third kappa shape index (κ3) is 5.27. The molecule has 4 rings (SSSR count). The second-order valence-corrected chi connectivity index (χ2v) is 9.99. The lowest BCUT2D eigenvalue weighted by molar-refractivity contribution is -0.116. The molecule has 0 aliphatic carbocycles. The number of hydrogen-bond acceptors (Lipinski definition) is 7. The maximum atomic E-state index is 12.6. The number of fused-ring (bicyclic) bond motifs is 1. The molecule has 2 N–H and O–H groups in total. The lowest BCUT2D eigenvalue weighted by Gasteiger charge is -2.10. The highest BCUT2D eigenvalue weighted by Crippen LogP contribution is 2.23. The smallest absolute Gasteiger partial charge is 0.263 e. The molecule has 0 bridgehead atoms. The van der Waals surface area contributed by atoms with Gasteiger partial charge in [-0.25, -0.2) is 23.4 Å². The van der Waals surface area contributed by atoms with Crippen LogP contribution in [0.5, 0.6) is 0 Å². The summed E-state index contributed by atoms with van der Waals surface area (Å²) in [5, 5.41) is 3.70. The van der Waals surface area contributed by atoms with Crippen molar-refractivity contribution in [1.29, 1.82) is 0 Å². The fourth-order valence-corrected chi connectivity index (χ4v) is 5.11. The van der Waals surface area contributed by atoms with Crippen LogP contribution in [0, 0.1) is 13.8 Å². The zero-order chi connectivity index (χ0) is 22.7. The number of benzene rings is 2. The number of carbonyl (C=O) groups is 1. The van der Waals surface area contributed by atoms with Crippen molar-refractivity contribution < 1.29 is 13.2 Å². The van der Waals surface area contributed by atoms with E-state index in [1.54, 1.807) is 43.4 Å². The predicted molar refractivity (Wildman–Crippen MR) is 125 cm³/mol. The van der Waals surface area contributed by atoms with Gasteiger partial charge in [-0.2, -0.15) is 0 Å². The second kappa shape index (κ2) is 9.01. The van der Waals surface area contributed by atoms with E-state index in [2.05, 4.69) is 25.0 Å². The number of sulfonamides is 1. The van der Waals surface area contributed by atoms with Gasteiger partial charge in [-0.15, -0.1) is 11.3 Å². The topological polar surface area (TPSA) is 114 Å². The molecule has 164 valence electrons. The SMILES string of the molecule is Cc1cc(NS(=O)(=O)c2ccc(NC(=O)CCc3nc4ccccc4s3)cc2)nc(C)n1. The van der Waals surface area contributed by atoms with Gasteiger partial charge in [0.15, 0.2) is 0 Å². The molecule has 0 aliphatic heterocycles. The Hall–Kier alpha value is -3.37. The van der Waals surface area contributed by atoms with Crippen molar-refractivity contribution in [2.75, 3.05) is 10.0 Å². The number of aryl methyl sites for hydroxylation is 3. The number of rotatable bonds is 7. The Morgan fingerprint density at radius 3 is 2.47 bits per heavy atom. The number of nitrogens with one attached hydrogen (secondary N) is 2. The van der Waals surface area contributed by atoms with Gasteiger partial charge in [0.25, 0.3) is 10.0 Å². The van der Waals surface area contributed by atoms with Gasteiger partial charge in [-0.3, -0.25) is 9.52 Å². The van der Waals surface area contributed by atoms with Gasteiger partial charge in [0.1, 0.15) is 11.6 Å². The molecule has 1 amide bonds. The van der Waals surface area contributed by atoms with Crippen molar-refractivity contribution in [3.63, 3.8) is 0 Å².